The van der Waals surface area contributed by atoms with Crippen LogP contribution in [0.1, 0.15) is 20.8 Å². The number of carbonyl (C=O) groups is 1. The summed E-state index contributed by atoms with van der Waals surface area (Å²) in [6.45, 7) is 5.90. The molecule has 0 aliphatic rings. The molecule has 0 bridgehead atoms. The van der Waals surface area contributed by atoms with Crippen molar-refractivity contribution in [3.63, 3.8) is 0 Å². The minimum absolute atomic E-state index is 0. The largest absolute Gasteiger partial charge is 1.00 e. The van der Waals surface area contributed by atoms with Crippen LogP contribution >= 0.6 is 7.26 Å². The molecule has 0 radical (unpaired) electrons. The Morgan fingerprint density at radius 1 is 0.679 bits per heavy atom. The molecule has 3 heteroatoms. The summed E-state index contributed by atoms with van der Waals surface area (Å²) >= 11 is 0. The molecule has 0 saturated carbocycles. The van der Waals surface area contributed by atoms with Crippen LogP contribution in [0.25, 0.3) is 0 Å². The molecule has 0 heterocycles. The number of benzene rings is 3. The van der Waals surface area contributed by atoms with E-state index >= 15 is 0 Å². The SMILES string of the molecule is CC(C)(C)C(=O)C=C[P+](c1ccccc1)(c1ccccc1)c1ccccc1.[Br-]. The third-order valence-corrected chi connectivity index (χ3v) is 8.61. The molecule has 0 saturated heterocycles. The number of halogens is 1. The Morgan fingerprint density at radius 3 is 1.29 bits per heavy atom. The molecular formula is C25H26BrOP. The highest BCUT2D eigenvalue weighted by Crippen LogP contribution is 2.56. The van der Waals surface area contributed by atoms with Gasteiger partial charge in [0.25, 0.3) is 0 Å². The van der Waals surface area contributed by atoms with Gasteiger partial charge >= 0.3 is 0 Å². The van der Waals surface area contributed by atoms with Gasteiger partial charge in [0.2, 0.25) is 0 Å². The van der Waals surface area contributed by atoms with Gasteiger partial charge < -0.3 is 17.0 Å². The van der Waals surface area contributed by atoms with Gasteiger partial charge in [0.15, 0.2) is 5.78 Å². The highest BCUT2D eigenvalue weighted by Gasteiger charge is 2.43. The Kier molecular flexibility index (Phi) is 7.52. The highest BCUT2D eigenvalue weighted by atomic mass is 79.9. The van der Waals surface area contributed by atoms with E-state index in [0.29, 0.717) is 0 Å². The van der Waals surface area contributed by atoms with E-state index in [4.69, 9.17) is 0 Å². The third kappa shape index (κ3) is 4.69. The molecule has 1 nitrogen and oxygen atoms in total. The van der Waals surface area contributed by atoms with Gasteiger partial charge in [-0.15, -0.1) is 0 Å². The van der Waals surface area contributed by atoms with Gasteiger partial charge in [-0.3, -0.25) is 4.79 Å². The monoisotopic (exact) mass is 452 g/mol. The average molecular weight is 453 g/mol. The molecule has 0 atom stereocenters. The van der Waals surface area contributed by atoms with E-state index in [-0.39, 0.29) is 22.8 Å². The fourth-order valence-corrected chi connectivity index (χ4v) is 6.82. The maximum absolute atomic E-state index is 12.7. The second-order valence-corrected chi connectivity index (χ2v) is 11.0. The number of hydrogen-bond donors (Lipinski definition) is 0. The predicted molar refractivity (Wildman–Crippen MR) is 119 cm³/mol. The number of carbonyl (C=O) groups excluding carboxylic acids is 1. The van der Waals surface area contributed by atoms with Gasteiger partial charge in [0, 0.05) is 11.5 Å². The van der Waals surface area contributed by atoms with Crippen LogP contribution in [0.3, 0.4) is 0 Å². The minimum Gasteiger partial charge on any atom is -1.00 e. The zero-order valence-electron chi connectivity index (χ0n) is 16.5. The lowest BCUT2D eigenvalue weighted by Gasteiger charge is -2.24. The Morgan fingerprint density at radius 2 is 1.00 bits per heavy atom. The topological polar surface area (TPSA) is 17.1 Å². The molecule has 0 aromatic heterocycles. The second kappa shape index (κ2) is 9.45. The van der Waals surface area contributed by atoms with E-state index in [2.05, 4.69) is 78.6 Å². The lowest BCUT2D eigenvalue weighted by Crippen LogP contribution is -3.00. The van der Waals surface area contributed by atoms with Crippen molar-refractivity contribution in [1.29, 1.82) is 0 Å². The van der Waals surface area contributed by atoms with Crippen molar-refractivity contribution >= 4 is 29.0 Å². The summed E-state index contributed by atoms with van der Waals surface area (Å²) in [7, 11) is -2.08. The fourth-order valence-electron chi connectivity index (χ4n) is 3.12. The van der Waals surface area contributed by atoms with Crippen LogP contribution in [0.2, 0.25) is 0 Å². The molecule has 0 amide bonds. The van der Waals surface area contributed by atoms with Crippen molar-refractivity contribution in [1.82, 2.24) is 0 Å². The van der Waals surface area contributed by atoms with E-state index in [1.807, 2.05) is 39.0 Å². The summed E-state index contributed by atoms with van der Waals surface area (Å²) < 4.78 is 0. The summed E-state index contributed by atoms with van der Waals surface area (Å²) in [4.78, 5) is 12.7. The molecule has 0 fully saturated rings. The molecule has 0 spiro atoms. The molecule has 28 heavy (non-hydrogen) atoms. The zero-order valence-corrected chi connectivity index (χ0v) is 19.0. The summed E-state index contributed by atoms with van der Waals surface area (Å²) in [5, 5.41) is 3.75. The molecule has 3 aromatic rings. The summed E-state index contributed by atoms with van der Waals surface area (Å²) in [5.74, 6) is 2.33. The number of ketones is 1. The zero-order chi connectivity index (χ0) is 19.3. The van der Waals surface area contributed by atoms with Gasteiger partial charge in [-0.25, -0.2) is 0 Å². The summed E-state index contributed by atoms with van der Waals surface area (Å²) in [6, 6.07) is 31.7. The van der Waals surface area contributed by atoms with Gasteiger partial charge in [-0.05, 0) is 36.4 Å². The third-order valence-electron chi connectivity index (χ3n) is 4.68. The lowest BCUT2D eigenvalue weighted by molar-refractivity contribution is -0.121. The Bertz CT molecular complexity index is 816. The molecule has 3 aromatic carbocycles. The summed E-state index contributed by atoms with van der Waals surface area (Å²) in [6.07, 6.45) is 1.81. The molecule has 3 rings (SSSR count). The molecule has 0 N–H and O–H groups in total. The molecular weight excluding hydrogens is 427 g/mol. The van der Waals surface area contributed by atoms with Crippen LogP contribution in [-0.4, -0.2) is 5.78 Å². The minimum atomic E-state index is -2.08. The number of hydrogen-bond acceptors (Lipinski definition) is 1. The Labute approximate surface area is 179 Å². The number of rotatable bonds is 5. The van der Waals surface area contributed by atoms with E-state index in [0.717, 1.165) is 0 Å². The van der Waals surface area contributed by atoms with Gasteiger partial charge in [0.05, 0.1) is 5.82 Å². The number of allylic oxidation sites excluding steroid dienone is 1. The van der Waals surface area contributed by atoms with Crippen LogP contribution in [0, 0.1) is 5.41 Å². The van der Waals surface area contributed by atoms with Crippen LogP contribution in [0.15, 0.2) is 103 Å². The first-order valence-electron chi connectivity index (χ1n) is 9.24. The van der Waals surface area contributed by atoms with Gasteiger partial charge in [-0.1, -0.05) is 75.4 Å². The second-order valence-electron chi connectivity index (χ2n) is 7.66. The normalized spacial score (nSPS) is 11.8. The van der Waals surface area contributed by atoms with E-state index in [1.54, 1.807) is 6.08 Å². The van der Waals surface area contributed by atoms with Gasteiger partial charge in [0.1, 0.15) is 23.2 Å². The van der Waals surface area contributed by atoms with Crippen molar-refractivity contribution in [2.45, 2.75) is 20.8 Å². The average Bonchev–Trinajstić information content (AvgIpc) is 2.70. The fraction of sp³-hybridized carbons (Fsp3) is 0.160. The lowest BCUT2D eigenvalue weighted by atomic mass is 9.91. The molecule has 0 aliphatic carbocycles. The van der Waals surface area contributed by atoms with E-state index < -0.39 is 12.7 Å². The molecule has 0 aliphatic heterocycles. The van der Waals surface area contributed by atoms with Crippen molar-refractivity contribution < 1.29 is 21.8 Å². The van der Waals surface area contributed by atoms with Crippen LogP contribution < -0.4 is 32.9 Å². The van der Waals surface area contributed by atoms with Crippen molar-refractivity contribution in [3.05, 3.63) is 103 Å². The maximum Gasteiger partial charge on any atom is 0.164 e. The first kappa shape index (κ1) is 22.3. The van der Waals surface area contributed by atoms with E-state index in [9.17, 15) is 4.79 Å². The molecule has 144 valence electrons. The van der Waals surface area contributed by atoms with Crippen LogP contribution in [0.4, 0.5) is 0 Å². The van der Waals surface area contributed by atoms with Crippen molar-refractivity contribution in [3.8, 4) is 0 Å². The Balaban J connectivity index is 0.00000280. The first-order valence-corrected chi connectivity index (χ1v) is 11.1. The predicted octanol–water partition coefficient (Wildman–Crippen LogP) is 2.11. The van der Waals surface area contributed by atoms with Gasteiger partial charge in [-0.2, -0.15) is 0 Å². The van der Waals surface area contributed by atoms with Crippen LogP contribution in [-0.2, 0) is 4.79 Å². The van der Waals surface area contributed by atoms with Crippen molar-refractivity contribution in [2.24, 2.45) is 5.41 Å². The standard InChI is InChI=1S/C25H26OP.BrH/c1-25(2,3)24(26)19-20-27(21-13-7-4-8-14-21,22-15-9-5-10-16-22)23-17-11-6-12-18-23;/h4-20H,1-3H3;1H/q+1;/p-1. The smallest absolute Gasteiger partial charge is 0.164 e. The van der Waals surface area contributed by atoms with Crippen LogP contribution in [0.5, 0.6) is 0 Å². The Hall–Kier alpha value is -2.02. The van der Waals surface area contributed by atoms with Crippen molar-refractivity contribution in [2.75, 3.05) is 0 Å². The quantitative estimate of drug-likeness (QED) is 0.428. The van der Waals surface area contributed by atoms with E-state index in [1.165, 1.54) is 15.9 Å². The first-order chi connectivity index (χ1) is 12.9. The summed E-state index contributed by atoms with van der Waals surface area (Å²) in [5.41, 5.74) is -0.393. The molecule has 0 unspecified atom stereocenters. The maximum atomic E-state index is 12.7. The highest BCUT2D eigenvalue weighted by molar-refractivity contribution is 7.98.